The van der Waals surface area contributed by atoms with Crippen LogP contribution in [0.2, 0.25) is 0 Å². The molecule has 0 spiro atoms. The third kappa shape index (κ3) is 4.86. The molecule has 0 aliphatic heterocycles. The topological polar surface area (TPSA) is 3.24 Å². The lowest BCUT2D eigenvalue weighted by Crippen LogP contribution is -2.12. The van der Waals surface area contributed by atoms with Gasteiger partial charge in [0.05, 0.1) is 11.4 Å². The van der Waals surface area contributed by atoms with Crippen molar-refractivity contribution in [2.75, 3.05) is 4.90 Å². The number of benzene rings is 8. The lowest BCUT2D eigenvalue weighted by Gasteiger charge is -2.30. The van der Waals surface area contributed by atoms with Crippen LogP contribution in [-0.4, -0.2) is 0 Å². The summed E-state index contributed by atoms with van der Waals surface area (Å²) in [5.41, 5.74) is 10.6. The van der Waals surface area contributed by atoms with Crippen LogP contribution in [0.25, 0.3) is 64.3 Å². The second-order valence-corrected chi connectivity index (χ2v) is 13.1. The van der Waals surface area contributed by atoms with Crippen molar-refractivity contribution < 1.29 is 0 Å². The van der Waals surface area contributed by atoms with Gasteiger partial charge in [-0.3, -0.25) is 0 Å². The van der Waals surface area contributed by atoms with Crippen molar-refractivity contribution >= 4 is 59.3 Å². The predicted octanol–water partition coefficient (Wildman–Crippen LogP) is 13.7. The number of para-hydroxylation sites is 2. The molecule has 0 N–H and O–H groups in total. The highest BCUT2D eigenvalue weighted by Crippen LogP contribution is 2.48. The van der Waals surface area contributed by atoms with Crippen molar-refractivity contribution in [3.05, 3.63) is 188 Å². The molecule has 1 heterocycles. The van der Waals surface area contributed by atoms with Gasteiger partial charge in [-0.2, -0.15) is 0 Å². The Hall–Kier alpha value is -5.96. The van der Waals surface area contributed by atoms with E-state index in [1.807, 2.05) is 11.3 Å². The first-order valence-corrected chi connectivity index (χ1v) is 17.2. The fourth-order valence-corrected chi connectivity index (χ4v) is 8.31. The van der Waals surface area contributed by atoms with Gasteiger partial charge in [-0.05, 0) is 57.8 Å². The summed E-state index contributed by atoms with van der Waals surface area (Å²) in [6.07, 6.45) is 0. The van der Waals surface area contributed by atoms with Crippen molar-refractivity contribution in [3.63, 3.8) is 0 Å². The van der Waals surface area contributed by atoms with Crippen LogP contribution in [0.1, 0.15) is 0 Å². The van der Waals surface area contributed by atoms with E-state index in [2.05, 4.69) is 193 Å². The van der Waals surface area contributed by atoms with E-state index in [0.29, 0.717) is 0 Å². The number of thiophene rings is 1. The Bertz CT molecular complexity index is 2570. The molecule has 1 aromatic heterocycles. The van der Waals surface area contributed by atoms with E-state index in [0.717, 1.165) is 17.1 Å². The second-order valence-electron chi connectivity index (χ2n) is 12.1. The predicted molar refractivity (Wildman–Crippen MR) is 208 cm³/mol. The molecule has 2 heteroatoms. The Morgan fingerprint density at radius 3 is 1.79 bits per heavy atom. The van der Waals surface area contributed by atoms with E-state index in [9.17, 15) is 0 Å². The largest absolute Gasteiger partial charge is 0.309 e. The molecular formula is C46H31NS. The Balaban J connectivity index is 1.31. The van der Waals surface area contributed by atoms with Crippen LogP contribution in [0.5, 0.6) is 0 Å². The van der Waals surface area contributed by atoms with E-state index in [4.69, 9.17) is 0 Å². The van der Waals surface area contributed by atoms with Crippen LogP contribution in [0.3, 0.4) is 0 Å². The average Bonchev–Trinajstić information content (AvgIpc) is 3.55. The number of hydrogen-bond acceptors (Lipinski definition) is 2. The summed E-state index contributed by atoms with van der Waals surface area (Å²) in [7, 11) is 0. The smallest absolute Gasteiger partial charge is 0.0540 e. The molecule has 8 aromatic carbocycles. The van der Waals surface area contributed by atoms with Gasteiger partial charge in [0.2, 0.25) is 0 Å². The zero-order chi connectivity index (χ0) is 31.9. The highest BCUT2D eigenvalue weighted by atomic mass is 32.1. The Morgan fingerprint density at radius 2 is 0.917 bits per heavy atom. The Kier molecular flexibility index (Phi) is 7.07. The van der Waals surface area contributed by atoms with Gasteiger partial charge in [0, 0.05) is 42.6 Å². The molecule has 0 unspecified atom stereocenters. The molecule has 0 bridgehead atoms. The van der Waals surface area contributed by atoms with Crippen molar-refractivity contribution in [1.29, 1.82) is 0 Å². The average molecular weight is 630 g/mol. The number of anilines is 3. The molecule has 9 rings (SSSR count). The molecule has 48 heavy (non-hydrogen) atoms. The van der Waals surface area contributed by atoms with Crippen LogP contribution in [-0.2, 0) is 0 Å². The SMILES string of the molecule is c1ccc(-c2ccccc2N(c2cccc(-c3cccc4ccccc34)c2)c2ccccc2-c2cccc3c2sc2ccccc23)cc1. The van der Waals surface area contributed by atoms with Crippen molar-refractivity contribution in [3.8, 4) is 33.4 Å². The maximum atomic E-state index is 2.46. The lowest BCUT2D eigenvalue weighted by molar-refractivity contribution is 1.28. The highest BCUT2D eigenvalue weighted by Gasteiger charge is 2.22. The van der Waals surface area contributed by atoms with Crippen molar-refractivity contribution in [2.24, 2.45) is 0 Å². The van der Waals surface area contributed by atoms with Crippen LogP contribution in [0, 0.1) is 0 Å². The quantitative estimate of drug-likeness (QED) is 0.177. The molecule has 9 aromatic rings. The molecule has 0 atom stereocenters. The Morgan fingerprint density at radius 1 is 0.354 bits per heavy atom. The van der Waals surface area contributed by atoms with Gasteiger partial charge in [-0.25, -0.2) is 0 Å². The lowest BCUT2D eigenvalue weighted by atomic mass is 9.96. The van der Waals surface area contributed by atoms with Crippen LogP contribution >= 0.6 is 11.3 Å². The van der Waals surface area contributed by atoms with Crippen LogP contribution in [0.4, 0.5) is 17.1 Å². The number of hydrogen-bond donors (Lipinski definition) is 0. The van der Waals surface area contributed by atoms with Gasteiger partial charge in [-0.1, -0.05) is 158 Å². The molecule has 0 saturated heterocycles. The van der Waals surface area contributed by atoms with Gasteiger partial charge in [0.1, 0.15) is 0 Å². The molecule has 0 saturated carbocycles. The van der Waals surface area contributed by atoms with Crippen molar-refractivity contribution in [2.45, 2.75) is 0 Å². The molecule has 0 fully saturated rings. The van der Waals surface area contributed by atoms with E-state index in [1.54, 1.807) is 0 Å². The van der Waals surface area contributed by atoms with Crippen LogP contribution < -0.4 is 4.90 Å². The summed E-state index contributed by atoms with van der Waals surface area (Å²) in [4.78, 5) is 2.46. The second kappa shape index (κ2) is 12.0. The van der Waals surface area contributed by atoms with E-state index in [1.165, 1.54) is 64.3 Å². The van der Waals surface area contributed by atoms with Crippen LogP contribution in [0.15, 0.2) is 188 Å². The number of fused-ring (bicyclic) bond motifs is 4. The zero-order valence-corrected chi connectivity index (χ0v) is 27.1. The number of rotatable bonds is 6. The first-order chi connectivity index (χ1) is 23.8. The van der Waals surface area contributed by atoms with Gasteiger partial charge in [-0.15, -0.1) is 11.3 Å². The molecule has 0 aliphatic carbocycles. The van der Waals surface area contributed by atoms with Gasteiger partial charge in [0.15, 0.2) is 0 Å². The maximum Gasteiger partial charge on any atom is 0.0540 e. The van der Waals surface area contributed by atoms with E-state index in [-0.39, 0.29) is 0 Å². The van der Waals surface area contributed by atoms with Gasteiger partial charge >= 0.3 is 0 Å². The fourth-order valence-electron chi connectivity index (χ4n) is 7.08. The third-order valence-corrected chi connectivity index (χ3v) is 10.5. The number of nitrogens with zero attached hydrogens (tertiary/aromatic N) is 1. The zero-order valence-electron chi connectivity index (χ0n) is 26.3. The van der Waals surface area contributed by atoms with E-state index < -0.39 is 0 Å². The standard InChI is InChI=1S/C46H31NS/c1-2-15-33(16-3-1)38-22-6-9-28-43(38)47(35-20-12-19-34(31-35)37-25-13-18-32-17-4-5-21-36(32)37)44-29-10-7-23-39(44)41-26-14-27-42-40-24-8-11-30-45(40)48-46(41)42/h1-31H. The summed E-state index contributed by atoms with van der Waals surface area (Å²) in [5.74, 6) is 0. The minimum atomic E-state index is 1.11. The van der Waals surface area contributed by atoms with Gasteiger partial charge < -0.3 is 4.90 Å². The molecule has 226 valence electrons. The first kappa shape index (κ1) is 28.3. The monoisotopic (exact) mass is 629 g/mol. The van der Waals surface area contributed by atoms with Gasteiger partial charge in [0.25, 0.3) is 0 Å². The highest BCUT2D eigenvalue weighted by molar-refractivity contribution is 7.26. The molecular weight excluding hydrogens is 599 g/mol. The summed E-state index contributed by atoms with van der Waals surface area (Å²) in [6.45, 7) is 0. The summed E-state index contributed by atoms with van der Waals surface area (Å²) in [6, 6.07) is 68.1. The maximum absolute atomic E-state index is 2.46. The first-order valence-electron chi connectivity index (χ1n) is 16.4. The molecule has 1 nitrogen and oxygen atoms in total. The minimum Gasteiger partial charge on any atom is -0.309 e. The summed E-state index contributed by atoms with van der Waals surface area (Å²) < 4.78 is 2.62. The Labute approximate surface area is 284 Å². The normalized spacial score (nSPS) is 11.3. The molecule has 0 radical (unpaired) electrons. The summed E-state index contributed by atoms with van der Waals surface area (Å²) >= 11 is 1.88. The molecule has 0 amide bonds. The molecule has 0 aliphatic rings. The van der Waals surface area contributed by atoms with E-state index >= 15 is 0 Å². The summed E-state index contributed by atoms with van der Waals surface area (Å²) in [5, 5.41) is 5.11. The fraction of sp³-hybridized carbons (Fsp3) is 0. The van der Waals surface area contributed by atoms with Crippen molar-refractivity contribution in [1.82, 2.24) is 0 Å². The third-order valence-electron chi connectivity index (χ3n) is 9.27. The minimum absolute atomic E-state index is 1.11.